The maximum absolute atomic E-state index is 11.9. The van der Waals surface area contributed by atoms with Crippen LogP contribution in [0.4, 0.5) is 4.79 Å². The molecule has 1 N–H and O–H groups in total. The highest BCUT2D eigenvalue weighted by atomic mass is 16.6. The van der Waals surface area contributed by atoms with Gasteiger partial charge in [-0.25, -0.2) is 4.79 Å². The van der Waals surface area contributed by atoms with Crippen molar-refractivity contribution < 1.29 is 19.0 Å². The summed E-state index contributed by atoms with van der Waals surface area (Å²) in [6.07, 6.45) is 6.56. The first-order valence-electron chi connectivity index (χ1n) is 9.68. The van der Waals surface area contributed by atoms with Crippen LogP contribution in [0.1, 0.15) is 70.8 Å². The number of nitrogens with one attached hydrogen (secondary N) is 1. The fourth-order valence-electron chi connectivity index (χ4n) is 3.71. The summed E-state index contributed by atoms with van der Waals surface area (Å²) in [6.45, 7) is 5.62. The van der Waals surface area contributed by atoms with Gasteiger partial charge in [0.05, 0.1) is 13.2 Å². The molecule has 0 spiro atoms. The quantitative estimate of drug-likeness (QED) is 0.819. The number of hydrogen-bond acceptors (Lipinski definition) is 4. The minimum absolute atomic E-state index is 0.177. The van der Waals surface area contributed by atoms with Gasteiger partial charge in [0, 0.05) is 6.04 Å². The third-order valence-corrected chi connectivity index (χ3v) is 5.11. The summed E-state index contributed by atoms with van der Waals surface area (Å²) in [5.74, 6) is 2.08. The normalized spacial score (nSPS) is 23.2. The fraction of sp³-hybridized carbons (Fsp3) is 0.667. The Morgan fingerprint density at radius 1 is 1.12 bits per heavy atom. The molecule has 26 heavy (non-hydrogen) atoms. The number of hydrogen-bond donors (Lipinski definition) is 1. The lowest BCUT2D eigenvalue weighted by atomic mass is 9.76. The van der Waals surface area contributed by atoms with Crippen molar-refractivity contribution in [3.8, 4) is 11.5 Å². The molecule has 1 aromatic carbocycles. The van der Waals surface area contributed by atoms with Gasteiger partial charge in [0.2, 0.25) is 0 Å². The Morgan fingerprint density at radius 3 is 2.42 bits per heavy atom. The summed E-state index contributed by atoms with van der Waals surface area (Å²) in [6, 6.07) is 6.39. The smallest absolute Gasteiger partial charge is 0.407 e. The zero-order valence-corrected chi connectivity index (χ0v) is 16.3. The van der Waals surface area contributed by atoms with Crippen molar-refractivity contribution in [3.05, 3.63) is 23.8 Å². The Kier molecular flexibility index (Phi) is 5.64. The van der Waals surface area contributed by atoms with Crippen LogP contribution in [-0.4, -0.2) is 30.9 Å². The van der Waals surface area contributed by atoms with Crippen molar-refractivity contribution in [3.63, 3.8) is 0 Å². The molecule has 0 aliphatic heterocycles. The largest absolute Gasteiger partial charge is 0.493 e. The fourth-order valence-corrected chi connectivity index (χ4v) is 3.71. The number of ether oxygens (including phenoxy) is 3. The third kappa shape index (κ3) is 4.83. The van der Waals surface area contributed by atoms with E-state index in [9.17, 15) is 4.79 Å². The lowest BCUT2D eigenvalue weighted by Gasteiger charge is -2.36. The SMILES string of the molecule is COc1ccc(C2CC(NC(=O)OC(C)(C)C)C2)cc1OC1CCCC1. The second kappa shape index (κ2) is 7.77. The molecule has 0 radical (unpaired) electrons. The average molecular weight is 361 g/mol. The minimum atomic E-state index is -0.463. The van der Waals surface area contributed by atoms with Crippen molar-refractivity contribution in [2.24, 2.45) is 0 Å². The lowest BCUT2D eigenvalue weighted by molar-refractivity contribution is 0.0471. The summed E-state index contributed by atoms with van der Waals surface area (Å²) in [5, 5.41) is 2.95. The number of methoxy groups -OCH3 is 1. The molecule has 0 heterocycles. The molecule has 0 aromatic heterocycles. The molecule has 5 heteroatoms. The minimum Gasteiger partial charge on any atom is -0.493 e. The van der Waals surface area contributed by atoms with Crippen LogP contribution in [0.5, 0.6) is 11.5 Å². The van der Waals surface area contributed by atoms with Gasteiger partial charge in [0.15, 0.2) is 11.5 Å². The van der Waals surface area contributed by atoms with Gasteiger partial charge < -0.3 is 19.5 Å². The van der Waals surface area contributed by atoms with Crippen molar-refractivity contribution >= 4 is 6.09 Å². The Bertz CT molecular complexity index is 625. The number of carbonyl (C=O) groups is 1. The van der Waals surface area contributed by atoms with Gasteiger partial charge in [-0.2, -0.15) is 0 Å². The highest BCUT2D eigenvalue weighted by molar-refractivity contribution is 5.68. The number of rotatable bonds is 5. The molecule has 0 unspecified atom stereocenters. The molecule has 2 fully saturated rings. The molecular formula is C21H31NO4. The van der Waals surface area contributed by atoms with E-state index < -0.39 is 5.60 Å². The molecule has 0 atom stereocenters. The summed E-state index contributed by atoms with van der Waals surface area (Å²) in [5.41, 5.74) is 0.788. The van der Waals surface area contributed by atoms with E-state index in [1.165, 1.54) is 18.4 Å². The first kappa shape index (κ1) is 18.9. The Morgan fingerprint density at radius 2 is 1.81 bits per heavy atom. The number of benzene rings is 1. The highest BCUT2D eigenvalue weighted by Gasteiger charge is 2.33. The number of amides is 1. The maximum Gasteiger partial charge on any atom is 0.407 e. The van der Waals surface area contributed by atoms with E-state index in [0.29, 0.717) is 12.0 Å². The predicted molar refractivity (Wildman–Crippen MR) is 101 cm³/mol. The van der Waals surface area contributed by atoms with E-state index in [1.807, 2.05) is 26.8 Å². The van der Waals surface area contributed by atoms with Crippen LogP contribution in [0.3, 0.4) is 0 Å². The topological polar surface area (TPSA) is 56.8 Å². The molecular weight excluding hydrogens is 330 g/mol. The van der Waals surface area contributed by atoms with Gasteiger partial charge in [-0.1, -0.05) is 6.07 Å². The van der Waals surface area contributed by atoms with Crippen molar-refractivity contribution in [2.75, 3.05) is 7.11 Å². The molecule has 2 saturated carbocycles. The van der Waals surface area contributed by atoms with Crippen LogP contribution in [0.15, 0.2) is 18.2 Å². The monoisotopic (exact) mass is 361 g/mol. The summed E-state index contributed by atoms with van der Waals surface area (Å²) >= 11 is 0. The molecule has 1 aromatic rings. The Labute approximate surface area is 156 Å². The van der Waals surface area contributed by atoms with Crippen LogP contribution in [0.2, 0.25) is 0 Å². The molecule has 1 amide bonds. The molecule has 3 rings (SSSR count). The van der Waals surface area contributed by atoms with E-state index in [0.717, 1.165) is 37.2 Å². The van der Waals surface area contributed by atoms with E-state index in [-0.39, 0.29) is 12.1 Å². The van der Waals surface area contributed by atoms with E-state index in [4.69, 9.17) is 14.2 Å². The van der Waals surface area contributed by atoms with E-state index in [1.54, 1.807) is 7.11 Å². The molecule has 144 valence electrons. The molecule has 0 bridgehead atoms. The number of carbonyl (C=O) groups excluding carboxylic acids is 1. The first-order valence-corrected chi connectivity index (χ1v) is 9.68. The van der Waals surface area contributed by atoms with Gasteiger partial charge in [-0.15, -0.1) is 0 Å². The van der Waals surface area contributed by atoms with Gasteiger partial charge in [0.25, 0.3) is 0 Å². The molecule has 2 aliphatic carbocycles. The lowest BCUT2D eigenvalue weighted by Crippen LogP contribution is -2.45. The summed E-state index contributed by atoms with van der Waals surface area (Å²) in [7, 11) is 1.68. The second-order valence-corrected chi connectivity index (χ2v) is 8.45. The van der Waals surface area contributed by atoms with Crippen molar-refractivity contribution in [1.29, 1.82) is 0 Å². The van der Waals surface area contributed by atoms with Crippen LogP contribution in [-0.2, 0) is 4.74 Å². The summed E-state index contributed by atoms with van der Waals surface area (Å²) < 4.78 is 17.0. The van der Waals surface area contributed by atoms with Crippen LogP contribution < -0.4 is 14.8 Å². The molecule has 2 aliphatic rings. The zero-order chi connectivity index (χ0) is 18.7. The molecule has 5 nitrogen and oxygen atoms in total. The molecule has 0 saturated heterocycles. The summed E-state index contributed by atoms with van der Waals surface area (Å²) in [4.78, 5) is 11.9. The zero-order valence-electron chi connectivity index (χ0n) is 16.3. The van der Waals surface area contributed by atoms with Gasteiger partial charge >= 0.3 is 6.09 Å². The van der Waals surface area contributed by atoms with Gasteiger partial charge in [-0.05, 0) is 82.9 Å². The van der Waals surface area contributed by atoms with Crippen LogP contribution in [0, 0.1) is 0 Å². The van der Waals surface area contributed by atoms with E-state index in [2.05, 4.69) is 17.4 Å². The Hall–Kier alpha value is -1.91. The van der Waals surface area contributed by atoms with Crippen molar-refractivity contribution in [1.82, 2.24) is 5.32 Å². The second-order valence-electron chi connectivity index (χ2n) is 8.45. The standard InChI is InChI=1S/C21H31NO4/c1-21(2,3)26-20(23)22-16-11-15(12-16)14-9-10-18(24-4)19(13-14)25-17-7-5-6-8-17/h9-10,13,15-17H,5-8,11-12H2,1-4H3,(H,22,23). The van der Waals surface area contributed by atoms with Gasteiger partial charge in [0.1, 0.15) is 5.60 Å². The maximum atomic E-state index is 11.9. The average Bonchev–Trinajstić information content (AvgIpc) is 3.02. The predicted octanol–water partition coefficient (Wildman–Crippen LogP) is 4.79. The van der Waals surface area contributed by atoms with Gasteiger partial charge in [-0.3, -0.25) is 0 Å². The number of alkyl carbamates (subject to hydrolysis) is 1. The van der Waals surface area contributed by atoms with Crippen LogP contribution >= 0.6 is 0 Å². The first-order chi connectivity index (χ1) is 12.3. The van der Waals surface area contributed by atoms with E-state index >= 15 is 0 Å². The van der Waals surface area contributed by atoms with Crippen molar-refractivity contribution in [2.45, 2.75) is 83.0 Å². The Balaban J connectivity index is 1.56. The third-order valence-electron chi connectivity index (χ3n) is 5.11. The van der Waals surface area contributed by atoms with Crippen LogP contribution in [0.25, 0.3) is 0 Å². The highest BCUT2D eigenvalue weighted by Crippen LogP contribution is 2.41.